The van der Waals surface area contributed by atoms with Crippen LogP contribution in [-0.2, 0) is 21.6 Å². The van der Waals surface area contributed by atoms with E-state index in [9.17, 15) is 14.7 Å². The number of rotatable bonds is 5. The molecule has 4 nitrogen and oxygen atoms in total. The summed E-state index contributed by atoms with van der Waals surface area (Å²) in [5.74, 6) is -0.738. The Kier molecular flexibility index (Phi) is 4.43. The van der Waals surface area contributed by atoms with Gasteiger partial charge < -0.3 is 10.0 Å². The van der Waals surface area contributed by atoms with E-state index in [1.54, 1.807) is 18.2 Å². The highest BCUT2D eigenvalue weighted by atomic mass is 35.5. The Balaban J connectivity index is 1.96. The number of carbonyl (C=O) groups is 2. The van der Waals surface area contributed by atoms with E-state index in [2.05, 4.69) is 0 Å². The van der Waals surface area contributed by atoms with Crippen molar-refractivity contribution in [1.29, 1.82) is 0 Å². The van der Waals surface area contributed by atoms with Gasteiger partial charge in [0, 0.05) is 18.5 Å². The maximum absolute atomic E-state index is 12.9. The molecule has 0 bridgehead atoms. The van der Waals surface area contributed by atoms with E-state index in [-0.39, 0.29) is 12.2 Å². The molecule has 1 aliphatic rings. The number of Topliss-reactive ketones (excluding diaryl/α,β-unsaturated/α-hetero) is 1. The van der Waals surface area contributed by atoms with E-state index in [4.69, 9.17) is 11.6 Å². The Morgan fingerprint density at radius 2 is 1.88 bits per heavy atom. The second kappa shape index (κ2) is 6.38. The fourth-order valence-electron chi connectivity index (χ4n) is 3.19. The molecule has 0 aliphatic carbocycles. The monoisotopic (exact) mass is 343 g/mol. The molecule has 2 aromatic carbocycles. The number of para-hydroxylation sites is 1. The zero-order valence-corrected chi connectivity index (χ0v) is 14.1. The summed E-state index contributed by atoms with van der Waals surface area (Å²) in [6.07, 6.45) is 0.383. The third-order valence-electron chi connectivity index (χ3n) is 4.27. The van der Waals surface area contributed by atoms with Gasteiger partial charge in [0.15, 0.2) is 5.60 Å². The molecule has 1 amide bonds. The fraction of sp³-hybridized carbons (Fsp3) is 0.263. The minimum absolute atomic E-state index is 0.248. The molecule has 3 rings (SSSR count). The second-order valence-electron chi connectivity index (χ2n) is 6.07. The van der Waals surface area contributed by atoms with Crippen molar-refractivity contribution in [1.82, 2.24) is 0 Å². The van der Waals surface area contributed by atoms with Crippen LogP contribution in [0.15, 0.2) is 48.5 Å². The van der Waals surface area contributed by atoms with E-state index in [0.29, 0.717) is 29.2 Å². The number of hydrogen-bond donors (Lipinski definition) is 1. The van der Waals surface area contributed by atoms with E-state index in [1.165, 1.54) is 11.8 Å². The van der Waals surface area contributed by atoms with Crippen molar-refractivity contribution in [3.63, 3.8) is 0 Å². The highest BCUT2D eigenvalue weighted by Crippen LogP contribution is 2.46. The largest absolute Gasteiger partial charge is 0.375 e. The van der Waals surface area contributed by atoms with Gasteiger partial charge >= 0.3 is 0 Å². The van der Waals surface area contributed by atoms with Crippen LogP contribution in [-0.4, -0.2) is 23.3 Å². The van der Waals surface area contributed by atoms with Gasteiger partial charge in [-0.2, -0.15) is 0 Å². The fourth-order valence-corrected chi connectivity index (χ4v) is 3.47. The Bertz CT molecular complexity index is 790. The number of carbonyl (C=O) groups excluding carboxylic acids is 2. The van der Waals surface area contributed by atoms with Crippen LogP contribution in [0.1, 0.15) is 24.5 Å². The summed E-state index contributed by atoms with van der Waals surface area (Å²) in [5.41, 5.74) is 0.163. The van der Waals surface area contributed by atoms with E-state index < -0.39 is 11.5 Å². The number of amides is 1. The van der Waals surface area contributed by atoms with Crippen LogP contribution < -0.4 is 4.90 Å². The lowest BCUT2D eigenvalue weighted by Crippen LogP contribution is -2.42. The molecule has 124 valence electrons. The summed E-state index contributed by atoms with van der Waals surface area (Å²) >= 11 is 6.29. The molecule has 1 aliphatic heterocycles. The van der Waals surface area contributed by atoms with Crippen LogP contribution in [0.4, 0.5) is 5.69 Å². The quantitative estimate of drug-likeness (QED) is 0.907. The smallest absolute Gasteiger partial charge is 0.264 e. The number of hydrogen-bond acceptors (Lipinski definition) is 3. The topological polar surface area (TPSA) is 57.6 Å². The van der Waals surface area contributed by atoms with Gasteiger partial charge in [-0.25, -0.2) is 0 Å². The lowest BCUT2D eigenvalue weighted by atomic mass is 9.90. The first-order valence-electron chi connectivity index (χ1n) is 7.80. The first kappa shape index (κ1) is 16.7. The third-order valence-corrected chi connectivity index (χ3v) is 4.58. The van der Waals surface area contributed by atoms with Gasteiger partial charge in [0.1, 0.15) is 5.78 Å². The van der Waals surface area contributed by atoms with Gasteiger partial charge in [-0.15, -0.1) is 0 Å². The summed E-state index contributed by atoms with van der Waals surface area (Å²) < 4.78 is 0. The molecule has 24 heavy (non-hydrogen) atoms. The van der Waals surface area contributed by atoms with Crippen molar-refractivity contribution < 1.29 is 14.7 Å². The molecule has 1 heterocycles. The van der Waals surface area contributed by atoms with Crippen LogP contribution in [0.25, 0.3) is 0 Å². The molecule has 0 aromatic heterocycles. The van der Waals surface area contributed by atoms with Crippen molar-refractivity contribution in [3.05, 3.63) is 64.7 Å². The van der Waals surface area contributed by atoms with Crippen LogP contribution >= 0.6 is 11.6 Å². The summed E-state index contributed by atoms with van der Waals surface area (Å²) in [7, 11) is 0. The Labute approximate surface area is 145 Å². The minimum atomic E-state index is -1.83. The molecule has 1 atom stereocenters. The van der Waals surface area contributed by atoms with E-state index in [1.807, 2.05) is 30.3 Å². The van der Waals surface area contributed by atoms with Crippen molar-refractivity contribution in [2.24, 2.45) is 0 Å². The molecule has 0 saturated carbocycles. The predicted octanol–water partition coefficient (Wildman–Crippen LogP) is 3.10. The van der Waals surface area contributed by atoms with Crippen molar-refractivity contribution >= 4 is 29.0 Å². The molecular formula is C19H18ClNO3. The average Bonchev–Trinajstić information content (AvgIpc) is 2.76. The lowest BCUT2D eigenvalue weighted by Gasteiger charge is -2.22. The Hall–Kier alpha value is -2.17. The maximum Gasteiger partial charge on any atom is 0.264 e. The van der Waals surface area contributed by atoms with Gasteiger partial charge in [0.25, 0.3) is 5.91 Å². The zero-order chi connectivity index (χ0) is 17.3. The zero-order valence-electron chi connectivity index (χ0n) is 13.3. The first-order valence-corrected chi connectivity index (χ1v) is 8.18. The van der Waals surface area contributed by atoms with Crippen LogP contribution in [0.5, 0.6) is 0 Å². The lowest BCUT2D eigenvalue weighted by molar-refractivity contribution is -0.141. The number of aliphatic hydroxyl groups is 1. The SMILES string of the molecule is CC(=O)CC1(O)C(=O)N(CCc2ccccc2)c2c(Cl)cccc21. The average molecular weight is 344 g/mol. The second-order valence-corrected chi connectivity index (χ2v) is 6.47. The molecule has 0 fully saturated rings. The molecule has 1 unspecified atom stereocenters. The van der Waals surface area contributed by atoms with E-state index in [0.717, 1.165) is 5.56 Å². The molecule has 5 heteroatoms. The summed E-state index contributed by atoms with van der Waals surface area (Å²) in [5, 5.41) is 11.3. The van der Waals surface area contributed by atoms with Gasteiger partial charge in [0.2, 0.25) is 0 Å². The summed E-state index contributed by atoms with van der Waals surface area (Å²) in [6.45, 7) is 1.75. The number of nitrogens with zero attached hydrogens (tertiary/aromatic N) is 1. The number of ketones is 1. The van der Waals surface area contributed by atoms with Crippen molar-refractivity contribution in [3.8, 4) is 0 Å². The maximum atomic E-state index is 12.9. The molecular weight excluding hydrogens is 326 g/mol. The predicted molar refractivity (Wildman–Crippen MR) is 93.1 cm³/mol. The van der Waals surface area contributed by atoms with Crippen LogP contribution in [0.2, 0.25) is 5.02 Å². The number of fused-ring (bicyclic) bond motifs is 1. The molecule has 0 spiro atoms. The highest BCUT2D eigenvalue weighted by molar-refractivity contribution is 6.35. The molecule has 2 aromatic rings. The third kappa shape index (κ3) is 2.83. The van der Waals surface area contributed by atoms with E-state index >= 15 is 0 Å². The summed E-state index contributed by atoms with van der Waals surface area (Å²) in [4.78, 5) is 25.9. The standard InChI is InChI=1S/C19H18ClNO3/c1-13(22)12-19(24)15-8-5-9-16(20)17(15)21(18(19)23)11-10-14-6-3-2-4-7-14/h2-9,24H,10-12H2,1H3. The number of anilines is 1. The molecule has 1 N–H and O–H groups in total. The van der Waals surface area contributed by atoms with Gasteiger partial charge in [-0.1, -0.05) is 54.1 Å². The Morgan fingerprint density at radius 1 is 1.17 bits per heavy atom. The van der Waals surface area contributed by atoms with Gasteiger partial charge in [0.05, 0.1) is 10.7 Å². The van der Waals surface area contributed by atoms with Crippen LogP contribution in [0.3, 0.4) is 0 Å². The van der Waals surface area contributed by atoms with Crippen LogP contribution in [0, 0.1) is 0 Å². The highest BCUT2D eigenvalue weighted by Gasteiger charge is 2.50. The van der Waals surface area contributed by atoms with Crippen molar-refractivity contribution in [2.45, 2.75) is 25.4 Å². The Morgan fingerprint density at radius 3 is 2.54 bits per heavy atom. The molecule has 0 saturated heterocycles. The summed E-state index contributed by atoms with van der Waals surface area (Å²) in [6, 6.07) is 14.8. The normalized spacial score (nSPS) is 19.5. The minimum Gasteiger partial charge on any atom is -0.375 e. The van der Waals surface area contributed by atoms with Crippen molar-refractivity contribution in [2.75, 3.05) is 11.4 Å². The van der Waals surface area contributed by atoms with Gasteiger partial charge in [-0.3, -0.25) is 9.59 Å². The first-order chi connectivity index (χ1) is 11.4. The number of benzene rings is 2. The molecule has 0 radical (unpaired) electrons. The number of halogens is 1. The van der Waals surface area contributed by atoms with Gasteiger partial charge in [-0.05, 0) is 25.0 Å².